The predicted octanol–water partition coefficient (Wildman–Crippen LogP) is 3.44. The second-order valence-electron chi connectivity index (χ2n) is 8.04. The van der Waals surface area contributed by atoms with E-state index in [1.807, 2.05) is 4.90 Å². The van der Waals surface area contributed by atoms with Gasteiger partial charge >= 0.3 is 6.09 Å². The molecular formula is C22H29FN4O3. The number of anilines is 2. The average Bonchev–Trinajstić information content (AvgIpc) is 3.11. The summed E-state index contributed by atoms with van der Waals surface area (Å²) in [5.74, 6) is -0.127. The summed E-state index contributed by atoms with van der Waals surface area (Å²) in [5, 5.41) is 12.0. The van der Waals surface area contributed by atoms with Gasteiger partial charge in [0.25, 0.3) is 0 Å². The monoisotopic (exact) mass is 416 g/mol. The van der Waals surface area contributed by atoms with Crippen LogP contribution in [0.4, 0.5) is 20.6 Å². The van der Waals surface area contributed by atoms with Gasteiger partial charge in [-0.25, -0.2) is 9.18 Å². The van der Waals surface area contributed by atoms with Crippen molar-refractivity contribution in [2.75, 3.05) is 36.0 Å². The molecule has 1 aromatic carbocycles. The molecule has 0 saturated carbocycles. The van der Waals surface area contributed by atoms with Gasteiger partial charge in [0, 0.05) is 25.9 Å². The fraction of sp³-hybridized carbons (Fsp3) is 0.591. The summed E-state index contributed by atoms with van der Waals surface area (Å²) in [7, 11) is 0. The fourth-order valence-electron chi connectivity index (χ4n) is 4.28. The van der Waals surface area contributed by atoms with Crippen LogP contribution in [0.3, 0.4) is 0 Å². The molecule has 1 N–H and O–H groups in total. The highest BCUT2D eigenvalue weighted by atomic mass is 19.1. The molecular weight excluding hydrogens is 387 g/mol. The first-order valence-electron chi connectivity index (χ1n) is 10.6. The molecule has 162 valence electrons. The van der Waals surface area contributed by atoms with Crippen LogP contribution in [0.15, 0.2) is 18.2 Å². The van der Waals surface area contributed by atoms with Crippen molar-refractivity contribution in [3.63, 3.8) is 0 Å². The number of carbonyl (C=O) groups is 2. The number of ether oxygens (including phenoxy) is 1. The minimum Gasteiger partial charge on any atom is -0.442 e. The molecule has 3 rings (SSSR count). The van der Waals surface area contributed by atoms with E-state index in [9.17, 15) is 19.2 Å². The van der Waals surface area contributed by atoms with Crippen molar-refractivity contribution >= 4 is 23.4 Å². The number of nitriles is 1. The van der Waals surface area contributed by atoms with Crippen LogP contribution in [0.2, 0.25) is 0 Å². The lowest BCUT2D eigenvalue weighted by Gasteiger charge is -2.35. The van der Waals surface area contributed by atoms with E-state index in [2.05, 4.69) is 18.3 Å². The number of nitrogens with zero attached hydrogens (tertiary/aromatic N) is 3. The van der Waals surface area contributed by atoms with Crippen molar-refractivity contribution in [3.8, 4) is 6.07 Å². The number of rotatable bonds is 7. The predicted molar refractivity (Wildman–Crippen MR) is 112 cm³/mol. The van der Waals surface area contributed by atoms with Crippen LogP contribution >= 0.6 is 0 Å². The molecule has 0 spiro atoms. The average molecular weight is 416 g/mol. The number of hydrogen-bond acceptors (Lipinski definition) is 5. The Bertz CT molecular complexity index is 817. The minimum absolute atomic E-state index is 0.0796. The van der Waals surface area contributed by atoms with Crippen LogP contribution in [0.25, 0.3) is 0 Å². The lowest BCUT2D eigenvalue weighted by Crippen LogP contribution is -2.36. The Kier molecular flexibility index (Phi) is 7.14. The number of cyclic esters (lactones) is 1. The van der Waals surface area contributed by atoms with Gasteiger partial charge in [-0.3, -0.25) is 9.69 Å². The highest BCUT2D eigenvalue weighted by Crippen LogP contribution is 2.33. The van der Waals surface area contributed by atoms with E-state index in [0.29, 0.717) is 30.4 Å². The van der Waals surface area contributed by atoms with E-state index >= 15 is 0 Å². The molecule has 2 amide bonds. The van der Waals surface area contributed by atoms with Crippen LogP contribution in [0.1, 0.15) is 39.5 Å². The molecule has 1 unspecified atom stereocenters. The fourth-order valence-corrected chi connectivity index (χ4v) is 4.28. The molecule has 7 nitrogen and oxygen atoms in total. The van der Waals surface area contributed by atoms with Gasteiger partial charge in [-0.15, -0.1) is 0 Å². The van der Waals surface area contributed by atoms with Crippen molar-refractivity contribution in [1.29, 1.82) is 5.26 Å². The van der Waals surface area contributed by atoms with Crippen LogP contribution in [0, 0.1) is 29.0 Å². The van der Waals surface area contributed by atoms with Crippen molar-refractivity contribution in [2.24, 2.45) is 11.8 Å². The van der Waals surface area contributed by atoms with E-state index in [4.69, 9.17) is 4.74 Å². The van der Waals surface area contributed by atoms with E-state index in [1.54, 1.807) is 12.1 Å². The number of benzene rings is 1. The smallest absolute Gasteiger partial charge is 0.414 e. The summed E-state index contributed by atoms with van der Waals surface area (Å²) in [4.78, 5) is 26.6. The van der Waals surface area contributed by atoms with E-state index in [1.165, 1.54) is 17.9 Å². The van der Waals surface area contributed by atoms with Gasteiger partial charge in [-0.05, 0) is 43.4 Å². The summed E-state index contributed by atoms with van der Waals surface area (Å²) in [6.07, 6.45) is 2.67. The molecule has 0 bridgehead atoms. The number of piperidine rings is 1. The van der Waals surface area contributed by atoms with Gasteiger partial charge in [0.15, 0.2) is 0 Å². The lowest BCUT2D eigenvalue weighted by atomic mass is 9.82. The molecule has 2 saturated heterocycles. The maximum Gasteiger partial charge on any atom is 0.414 e. The van der Waals surface area contributed by atoms with Gasteiger partial charge < -0.3 is 15.0 Å². The molecule has 2 atom stereocenters. The zero-order chi connectivity index (χ0) is 21.7. The third-order valence-corrected chi connectivity index (χ3v) is 5.91. The molecule has 0 aliphatic carbocycles. The largest absolute Gasteiger partial charge is 0.442 e. The Hall–Kier alpha value is -2.82. The lowest BCUT2D eigenvalue weighted by molar-refractivity contribution is -0.119. The van der Waals surface area contributed by atoms with Gasteiger partial charge in [0.2, 0.25) is 5.91 Å². The molecule has 30 heavy (non-hydrogen) atoms. The molecule has 2 aliphatic heterocycles. The molecule has 1 aromatic rings. The standard InChI is InChI=1S/C22H29FN4O3/c1-3-4-17(12-24)16-7-9-26(10-8-16)21-6-5-18(11-20(21)23)27-14-19(30-22(27)29)13-25-15(2)28/h5-6,11,16-17,19H,3-4,7-10,13-14H2,1-2H3,(H,25,28)/t17?,19-/m0/s1. The summed E-state index contributed by atoms with van der Waals surface area (Å²) in [6.45, 7) is 5.41. The molecule has 2 aliphatic rings. The van der Waals surface area contributed by atoms with Gasteiger partial charge in [-0.2, -0.15) is 5.26 Å². The summed E-state index contributed by atoms with van der Waals surface area (Å²) in [6, 6.07) is 7.22. The van der Waals surface area contributed by atoms with Crippen LogP contribution < -0.4 is 15.1 Å². The number of amides is 2. The first-order valence-corrected chi connectivity index (χ1v) is 10.6. The zero-order valence-corrected chi connectivity index (χ0v) is 17.6. The van der Waals surface area contributed by atoms with Crippen LogP contribution in [-0.2, 0) is 9.53 Å². The first kappa shape index (κ1) is 21.9. The van der Waals surface area contributed by atoms with E-state index in [0.717, 1.165) is 25.7 Å². The zero-order valence-electron chi connectivity index (χ0n) is 17.6. The Morgan fingerprint density at radius 2 is 2.13 bits per heavy atom. The number of carbonyl (C=O) groups excluding carboxylic acids is 2. The Labute approximate surface area is 176 Å². The maximum atomic E-state index is 14.9. The number of nitrogens with one attached hydrogen (secondary N) is 1. The molecule has 2 heterocycles. The number of halogens is 1. The van der Waals surface area contributed by atoms with Crippen LogP contribution in [0.5, 0.6) is 0 Å². The van der Waals surface area contributed by atoms with Crippen molar-refractivity contribution in [2.45, 2.75) is 45.6 Å². The molecule has 0 aromatic heterocycles. The van der Waals surface area contributed by atoms with Gasteiger partial charge in [-0.1, -0.05) is 13.3 Å². The van der Waals surface area contributed by atoms with Crippen molar-refractivity contribution < 1.29 is 18.7 Å². The molecule has 0 radical (unpaired) electrons. The summed E-state index contributed by atoms with van der Waals surface area (Å²) < 4.78 is 20.1. The third kappa shape index (κ3) is 5.02. The van der Waals surface area contributed by atoms with E-state index < -0.39 is 12.2 Å². The van der Waals surface area contributed by atoms with Crippen molar-refractivity contribution in [3.05, 3.63) is 24.0 Å². The normalized spacial score (nSPS) is 20.6. The van der Waals surface area contributed by atoms with Gasteiger partial charge in [0.05, 0.1) is 30.5 Å². The SMILES string of the molecule is CCCC(C#N)C1CCN(c2ccc(N3C[C@H](CNC(C)=O)OC3=O)cc2F)CC1. The first-order chi connectivity index (χ1) is 14.4. The number of hydrogen-bond donors (Lipinski definition) is 1. The summed E-state index contributed by atoms with van der Waals surface area (Å²) >= 11 is 0. The highest BCUT2D eigenvalue weighted by Gasteiger charge is 2.33. The Morgan fingerprint density at radius 1 is 1.40 bits per heavy atom. The van der Waals surface area contributed by atoms with Crippen molar-refractivity contribution in [1.82, 2.24) is 5.32 Å². The van der Waals surface area contributed by atoms with Crippen LogP contribution in [-0.4, -0.2) is 44.3 Å². The molecule has 2 fully saturated rings. The molecule has 8 heteroatoms. The Balaban J connectivity index is 1.62. The third-order valence-electron chi connectivity index (χ3n) is 5.91. The Morgan fingerprint density at radius 3 is 2.73 bits per heavy atom. The second kappa shape index (κ2) is 9.79. The second-order valence-corrected chi connectivity index (χ2v) is 8.04. The maximum absolute atomic E-state index is 14.9. The minimum atomic E-state index is -0.545. The topological polar surface area (TPSA) is 85.7 Å². The quantitative estimate of drug-likeness (QED) is 0.736. The summed E-state index contributed by atoms with van der Waals surface area (Å²) in [5.41, 5.74) is 0.956. The highest BCUT2D eigenvalue weighted by molar-refractivity contribution is 5.90. The van der Waals surface area contributed by atoms with Gasteiger partial charge in [0.1, 0.15) is 11.9 Å². The van der Waals surface area contributed by atoms with E-state index in [-0.39, 0.29) is 30.7 Å².